The molecule has 0 saturated carbocycles. The Bertz CT molecular complexity index is 781. The first-order chi connectivity index (χ1) is 14.2. The zero-order valence-corrected chi connectivity index (χ0v) is 16.1. The van der Waals surface area contributed by atoms with Gasteiger partial charge in [0.25, 0.3) is 12.4 Å². The molecule has 2 N–H and O–H groups in total. The number of nitrogens with one attached hydrogen (secondary N) is 1. The van der Waals surface area contributed by atoms with Crippen LogP contribution in [0, 0.1) is 0 Å². The molecule has 9 heteroatoms. The fourth-order valence-corrected chi connectivity index (χ4v) is 3.38. The van der Waals surface area contributed by atoms with E-state index in [0.29, 0.717) is 37.8 Å². The predicted molar refractivity (Wildman–Crippen MR) is 107 cm³/mol. The molecule has 2 fully saturated rings. The molecule has 2 aliphatic heterocycles. The van der Waals surface area contributed by atoms with Gasteiger partial charge < -0.3 is 25.0 Å². The van der Waals surface area contributed by atoms with E-state index >= 15 is 0 Å². The van der Waals surface area contributed by atoms with Crippen LogP contribution in [0.1, 0.15) is 22.0 Å². The van der Waals surface area contributed by atoms with E-state index < -0.39 is 0 Å². The average molecular weight is 399 g/mol. The number of hydrogen-bond donors (Lipinski definition) is 2. The van der Waals surface area contributed by atoms with Crippen LogP contribution in [-0.4, -0.2) is 78.3 Å². The Morgan fingerprint density at radius 2 is 1.79 bits per heavy atom. The van der Waals surface area contributed by atoms with Crippen molar-refractivity contribution in [2.24, 2.45) is 0 Å². The molecule has 0 bridgehead atoms. The molecule has 2 aliphatic rings. The number of benzene rings is 1. The van der Waals surface area contributed by atoms with Crippen molar-refractivity contribution in [1.29, 1.82) is 0 Å². The number of carbonyl (C=O) groups excluding carboxylic acids is 1. The second-order valence-electron chi connectivity index (χ2n) is 6.65. The lowest BCUT2D eigenvalue weighted by molar-refractivity contribution is -0.122. The quantitative estimate of drug-likeness (QED) is 0.730. The van der Waals surface area contributed by atoms with E-state index in [1.54, 1.807) is 12.4 Å². The maximum atomic E-state index is 12.8. The Hall–Kier alpha value is -3.04. The van der Waals surface area contributed by atoms with Crippen molar-refractivity contribution in [1.82, 2.24) is 20.2 Å². The van der Waals surface area contributed by atoms with Crippen molar-refractivity contribution in [3.8, 4) is 0 Å². The SMILES string of the molecule is O=C(c1cnc(N2CCOCC2)nc1)N1CCNC(c2ccccc2)C1.O=CO. The number of nitrogens with zero attached hydrogens (tertiary/aromatic N) is 4. The first-order valence-corrected chi connectivity index (χ1v) is 9.53. The zero-order valence-electron chi connectivity index (χ0n) is 16.1. The summed E-state index contributed by atoms with van der Waals surface area (Å²) < 4.78 is 5.35. The minimum Gasteiger partial charge on any atom is -0.483 e. The van der Waals surface area contributed by atoms with Gasteiger partial charge in [0, 0.05) is 51.2 Å². The molecule has 154 valence electrons. The van der Waals surface area contributed by atoms with E-state index in [1.165, 1.54) is 5.56 Å². The molecule has 3 heterocycles. The molecule has 0 spiro atoms. The number of morpholine rings is 1. The van der Waals surface area contributed by atoms with Crippen LogP contribution in [0.25, 0.3) is 0 Å². The van der Waals surface area contributed by atoms with E-state index in [4.69, 9.17) is 14.6 Å². The third-order valence-corrected chi connectivity index (χ3v) is 4.84. The first-order valence-electron chi connectivity index (χ1n) is 9.53. The zero-order chi connectivity index (χ0) is 20.5. The Kier molecular flexibility index (Phi) is 7.48. The van der Waals surface area contributed by atoms with Crippen LogP contribution in [0.5, 0.6) is 0 Å². The molecule has 9 nitrogen and oxygen atoms in total. The summed E-state index contributed by atoms with van der Waals surface area (Å²) in [6, 6.07) is 10.4. The molecular formula is C20H25N5O4. The summed E-state index contributed by atoms with van der Waals surface area (Å²) in [5.74, 6) is 0.647. The van der Waals surface area contributed by atoms with Crippen molar-refractivity contribution >= 4 is 18.3 Å². The summed E-state index contributed by atoms with van der Waals surface area (Å²) in [7, 11) is 0. The van der Waals surface area contributed by atoms with Crippen molar-refractivity contribution in [2.75, 3.05) is 50.8 Å². The molecular weight excluding hydrogens is 374 g/mol. The number of anilines is 1. The summed E-state index contributed by atoms with van der Waals surface area (Å²) in [5, 5.41) is 10.4. The fraction of sp³-hybridized carbons (Fsp3) is 0.400. The van der Waals surface area contributed by atoms with E-state index in [9.17, 15) is 4.79 Å². The number of rotatable bonds is 3. The standard InChI is InChI=1S/C19H23N5O2.CH2O2/c25-18(16-12-21-19(22-13-16)23-8-10-26-11-9-23)24-7-6-20-17(14-24)15-4-2-1-3-5-15;2-1-3/h1-5,12-13,17,20H,6-11,14H2;1H,(H,2,3). The largest absolute Gasteiger partial charge is 0.483 e. The first kappa shape index (κ1) is 20.7. The Morgan fingerprint density at radius 1 is 1.14 bits per heavy atom. The third-order valence-electron chi connectivity index (χ3n) is 4.84. The summed E-state index contributed by atoms with van der Waals surface area (Å²) >= 11 is 0. The van der Waals surface area contributed by atoms with Crippen LogP contribution >= 0.6 is 0 Å². The van der Waals surface area contributed by atoms with Crippen LogP contribution in [0.4, 0.5) is 5.95 Å². The van der Waals surface area contributed by atoms with Gasteiger partial charge in [-0.05, 0) is 5.56 Å². The Balaban J connectivity index is 0.000000755. The van der Waals surface area contributed by atoms with Crippen molar-refractivity contribution < 1.29 is 19.4 Å². The normalized spacial score (nSPS) is 19.1. The minimum atomic E-state index is -0.250. The highest BCUT2D eigenvalue weighted by atomic mass is 16.5. The number of piperazine rings is 1. The van der Waals surface area contributed by atoms with Gasteiger partial charge >= 0.3 is 0 Å². The lowest BCUT2D eigenvalue weighted by Crippen LogP contribution is -2.48. The molecule has 2 aromatic rings. The summed E-state index contributed by atoms with van der Waals surface area (Å²) in [4.78, 5) is 33.9. The van der Waals surface area contributed by atoms with Gasteiger partial charge in [-0.3, -0.25) is 9.59 Å². The van der Waals surface area contributed by atoms with Gasteiger partial charge in [0.1, 0.15) is 0 Å². The summed E-state index contributed by atoms with van der Waals surface area (Å²) in [5.41, 5.74) is 1.74. The van der Waals surface area contributed by atoms with Gasteiger partial charge in [-0.2, -0.15) is 0 Å². The van der Waals surface area contributed by atoms with Gasteiger partial charge in [0.05, 0.1) is 18.8 Å². The van der Waals surface area contributed by atoms with Crippen LogP contribution in [0.3, 0.4) is 0 Å². The number of carboxylic acid groups (broad SMARTS) is 1. The highest BCUT2D eigenvalue weighted by Crippen LogP contribution is 2.19. The van der Waals surface area contributed by atoms with E-state index in [0.717, 1.165) is 19.6 Å². The molecule has 29 heavy (non-hydrogen) atoms. The average Bonchev–Trinajstić information content (AvgIpc) is 2.80. The van der Waals surface area contributed by atoms with E-state index in [1.807, 2.05) is 23.1 Å². The van der Waals surface area contributed by atoms with Gasteiger partial charge in [-0.1, -0.05) is 30.3 Å². The van der Waals surface area contributed by atoms with Gasteiger partial charge in [0.2, 0.25) is 5.95 Å². The van der Waals surface area contributed by atoms with Crippen LogP contribution in [-0.2, 0) is 9.53 Å². The highest BCUT2D eigenvalue weighted by Gasteiger charge is 2.25. The van der Waals surface area contributed by atoms with Crippen molar-refractivity contribution in [2.45, 2.75) is 6.04 Å². The van der Waals surface area contributed by atoms with Gasteiger partial charge in [0.15, 0.2) is 0 Å². The van der Waals surface area contributed by atoms with Crippen molar-refractivity contribution in [3.05, 3.63) is 53.9 Å². The molecule has 1 aromatic heterocycles. The molecule has 1 unspecified atom stereocenters. The smallest absolute Gasteiger partial charge is 0.290 e. The molecule has 1 amide bonds. The Labute approximate surface area is 169 Å². The number of aromatic nitrogens is 2. The number of amides is 1. The second-order valence-corrected chi connectivity index (χ2v) is 6.65. The fourth-order valence-electron chi connectivity index (χ4n) is 3.38. The van der Waals surface area contributed by atoms with Gasteiger partial charge in [-0.25, -0.2) is 9.97 Å². The molecule has 1 atom stereocenters. The van der Waals surface area contributed by atoms with Gasteiger partial charge in [-0.15, -0.1) is 0 Å². The number of carbonyl (C=O) groups is 2. The number of hydrogen-bond acceptors (Lipinski definition) is 7. The topological polar surface area (TPSA) is 108 Å². The summed E-state index contributed by atoms with van der Waals surface area (Å²) in [6.07, 6.45) is 3.28. The Morgan fingerprint density at radius 3 is 2.45 bits per heavy atom. The highest BCUT2D eigenvalue weighted by molar-refractivity contribution is 5.93. The molecule has 1 aromatic carbocycles. The molecule has 2 saturated heterocycles. The molecule has 0 radical (unpaired) electrons. The van der Waals surface area contributed by atoms with Crippen LogP contribution in [0.2, 0.25) is 0 Å². The van der Waals surface area contributed by atoms with Crippen LogP contribution in [0.15, 0.2) is 42.7 Å². The number of ether oxygens (including phenoxy) is 1. The second kappa shape index (κ2) is 10.5. The van der Waals surface area contributed by atoms with Crippen molar-refractivity contribution in [3.63, 3.8) is 0 Å². The third kappa shape index (κ3) is 5.49. The summed E-state index contributed by atoms with van der Waals surface area (Å²) in [6.45, 7) is 4.80. The predicted octanol–water partition coefficient (Wildman–Crippen LogP) is 0.801. The van der Waals surface area contributed by atoms with E-state index in [2.05, 4.69) is 32.3 Å². The minimum absolute atomic E-state index is 0.0130. The lowest BCUT2D eigenvalue weighted by atomic mass is 10.0. The monoisotopic (exact) mass is 399 g/mol. The maximum absolute atomic E-state index is 12.8. The van der Waals surface area contributed by atoms with E-state index in [-0.39, 0.29) is 18.4 Å². The molecule has 0 aliphatic carbocycles. The maximum Gasteiger partial charge on any atom is 0.290 e. The molecule has 4 rings (SSSR count). The van der Waals surface area contributed by atoms with Crippen LogP contribution < -0.4 is 10.2 Å². The lowest BCUT2D eigenvalue weighted by Gasteiger charge is -2.34.